The minimum absolute atomic E-state index is 0.0239. The van der Waals surface area contributed by atoms with Gasteiger partial charge in [-0.1, -0.05) is 127 Å². The quantitative estimate of drug-likeness (QED) is 0.195. The van der Waals surface area contributed by atoms with Crippen molar-refractivity contribution in [2.75, 3.05) is 0 Å². The van der Waals surface area contributed by atoms with Crippen molar-refractivity contribution >= 4 is 48.2 Å². The molecule has 0 aliphatic rings. The average Bonchev–Trinajstić information content (AvgIpc) is 3.05. The maximum Gasteiger partial charge on any atom is 0.0636 e. The Bertz CT molecular complexity index is 2300. The maximum atomic E-state index is 9.43. The van der Waals surface area contributed by atoms with Gasteiger partial charge < -0.3 is 0 Å². The third-order valence-electron chi connectivity index (χ3n) is 6.76. The fraction of sp³-hybridized carbons (Fsp3) is 0. The molecule has 0 heterocycles. The van der Waals surface area contributed by atoms with Gasteiger partial charge in [-0.3, -0.25) is 0 Å². The first kappa shape index (κ1) is 15.8. The molecular weight excluding hydrogens is 512 g/mol. The molecule has 7 rings (SSSR count). The van der Waals surface area contributed by atoms with Crippen LogP contribution in [0.2, 0.25) is 0 Å². The number of hydrogen-bond donors (Lipinski definition) is 0. The fourth-order valence-electron chi connectivity index (χ4n) is 4.91. The average molecular weight is 543 g/mol. The molecule has 0 saturated carbocycles. The van der Waals surface area contributed by atoms with Crippen molar-refractivity contribution in [1.29, 1.82) is 0 Å². The topological polar surface area (TPSA) is 0 Å². The highest BCUT2D eigenvalue weighted by atomic mass is 79.9. The van der Waals surface area contributed by atoms with E-state index in [0.717, 1.165) is 21.9 Å². The molecule has 1 heteroatoms. The van der Waals surface area contributed by atoms with Crippen molar-refractivity contribution < 1.29 is 9.60 Å². The summed E-state index contributed by atoms with van der Waals surface area (Å²) in [6.45, 7) is 0. The minimum Gasteiger partial charge on any atom is -0.0622 e. The monoisotopic (exact) mass is 541 g/mol. The Morgan fingerprint density at radius 3 is 1.89 bits per heavy atom. The Morgan fingerprint density at radius 2 is 1.08 bits per heavy atom. The highest BCUT2D eigenvalue weighted by molar-refractivity contribution is 9.10. The van der Waals surface area contributed by atoms with Crippen LogP contribution in [0, 0.1) is 0 Å². The van der Waals surface area contributed by atoms with Crippen molar-refractivity contribution in [1.82, 2.24) is 0 Å². The van der Waals surface area contributed by atoms with Crippen molar-refractivity contribution in [3.63, 3.8) is 0 Å². The van der Waals surface area contributed by atoms with Gasteiger partial charge in [0, 0.05) is 4.47 Å². The summed E-state index contributed by atoms with van der Waals surface area (Å²) < 4.78 is 62.3. The Morgan fingerprint density at radius 1 is 0.459 bits per heavy atom. The molecule has 0 N–H and O–H groups in total. The number of rotatable bonds is 3. The van der Waals surface area contributed by atoms with Crippen LogP contribution in [0.25, 0.3) is 65.7 Å². The van der Waals surface area contributed by atoms with Crippen molar-refractivity contribution in [2.24, 2.45) is 0 Å². The second kappa shape index (κ2) is 9.03. The molecule has 0 aliphatic heterocycles. The van der Waals surface area contributed by atoms with E-state index in [9.17, 15) is 1.37 Å². The molecule has 0 saturated heterocycles. The summed E-state index contributed by atoms with van der Waals surface area (Å²) in [4.78, 5) is 0. The van der Waals surface area contributed by atoms with Crippen LogP contribution in [0.15, 0.2) is 144 Å². The van der Waals surface area contributed by atoms with E-state index in [1.54, 1.807) is 12.1 Å². The SMILES string of the molecule is [2H]c1c([2H])c([2H])c2c(-c3ccc(-c4ccc5ccccc5c4)cc3)c3c([2H])c(-c4ccccc4)c([2H])c([2H])c3c(Br)c2c1[2H]. The molecule has 0 spiro atoms. The smallest absolute Gasteiger partial charge is 0.0622 e. The van der Waals surface area contributed by atoms with E-state index in [2.05, 4.69) is 46.3 Å². The lowest BCUT2D eigenvalue weighted by atomic mass is 9.89. The molecule has 0 amide bonds. The van der Waals surface area contributed by atoms with Crippen LogP contribution in [0.5, 0.6) is 0 Å². The Hall–Kier alpha value is -4.20. The van der Waals surface area contributed by atoms with Crippen molar-refractivity contribution in [3.05, 3.63) is 144 Å². The Labute approximate surface area is 234 Å². The van der Waals surface area contributed by atoms with Gasteiger partial charge in [0.2, 0.25) is 0 Å². The van der Waals surface area contributed by atoms with Gasteiger partial charge in [0.15, 0.2) is 0 Å². The summed E-state index contributed by atoms with van der Waals surface area (Å²) in [6.07, 6.45) is 0. The number of fused-ring (bicyclic) bond motifs is 3. The number of halogens is 1. The third kappa shape index (κ3) is 3.84. The predicted octanol–water partition coefficient (Wildman–Crippen LogP) is 10.9. The van der Waals surface area contributed by atoms with Gasteiger partial charge in [0.05, 0.1) is 9.60 Å². The number of hydrogen-bond acceptors (Lipinski definition) is 0. The van der Waals surface area contributed by atoms with Crippen molar-refractivity contribution in [3.8, 4) is 33.4 Å². The van der Waals surface area contributed by atoms with Crippen LogP contribution < -0.4 is 0 Å². The molecule has 0 atom stereocenters. The standard InChI is InChI=1S/C36H23Br/c37-36-32-13-7-6-12-31(32)35(34-23-30(20-21-33(34)36)24-8-2-1-3-9-24)27-17-14-26(15-18-27)29-19-16-25-10-4-5-11-28(25)22-29/h1-23H/i6D,7D,12D,13D,20D,21D,23D. The van der Waals surface area contributed by atoms with Gasteiger partial charge in [-0.25, -0.2) is 0 Å². The molecule has 0 nitrogen and oxygen atoms in total. The molecule has 37 heavy (non-hydrogen) atoms. The first-order valence-corrected chi connectivity index (χ1v) is 12.8. The molecule has 0 radical (unpaired) electrons. The molecule has 7 aromatic carbocycles. The molecule has 0 aromatic heterocycles. The van der Waals surface area contributed by atoms with E-state index < -0.39 is 0 Å². The second-order valence-electron chi connectivity index (χ2n) is 8.94. The molecule has 0 unspecified atom stereocenters. The first-order valence-electron chi connectivity index (χ1n) is 15.5. The van der Waals surface area contributed by atoms with E-state index in [0.29, 0.717) is 27.6 Å². The lowest BCUT2D eigenvalue weighted by Crippen LogP contribution is -1.89. The molecule has 174 valence electrons. The van der Waals surface area contributed by atoms with Crippen LogP contribution in [-0.4, -0.2) is 0 Å². The van der Waals surface area contributed by atoms with Gasteiger partial charge in [0.25, 0.3) is 0 Å². The van der Waals surface area contributed by atoms with E-state index in [1.165, 1.54) is 0 Å². The Balaban J connectivity index is 1.60. The summed E-state index contributed by atoms with van der Waals surface area (Å²) in [5.41, 5.74) is 4.00. The first-order chi connectivity index (χ1) is 21.2. The van der Waals surface area contributed by atoms with Crippen LogP contribution in [0.3, 0.4) is 0 Å². The Kier molecular flexibility index (Phi) is 3.86. The van der Waals surface area contributed by atoms with Crippen LogP contribution in [0.1, 0.15) is 9.60 Å². The zero-order chi connectivity index (χ0) is 30.9. The molecule has 0 aliphatic carbocycles. The largest absolute Gasteiger partial charge is 0.0636 e. The third-order valence-corrected chi connectivity index (χ3v) is 7.55. The molecule has 0 fully saturated rings. The number of benzene rings is 7. The normalized spacial score (nSPS) is 14.0. The molecule has 0 bridgehead atoms. The van der Waals surface area contributed by atoms with Gasteiger partial charge in [-0.2, -0.15) is 0 Å². The van der Waals surface area contributed by atoms with E-state index in [4.69, 9.17) is 8.22 Å². The van der Waals surface area contributed by atoms with Crippen LogP contribution in [0.4, 0.5) is 0 Å². The second-order valence-corrected chi connectivity index (χ2v) is 9.74. The summed E-state index contributed by atoms with van der Waals surface area (Å²) in [5, 5.41) is 3.37. The zero-order valence-electron chi connectivity index (χ0n) is 26.6. The summed E-state index contributed by atoms with van der Waals surface area (Å²) >= 11 is 3.56. The lowest BCUT2D eigenvalue weighted by molar-refractivity contribution is 1.62. The van der Waals surface area contributed by atoms with Gasteiger partial charge in [0.1, 0.15) is 0 Å². The highest BCUT2D eigenvalue weighted by Crippen LogP contribution is 2.43. The van der Waals surface area contributed by atoms with E-state index in [-0.39, 0.29) is 62.9 Å². The molecular formula is C36H23Br. The van der Waals surface area contributed by atoms with E-state index in [1.807, 2.05) is 54.6 Å². The van der Waals surface area contributed by atoms with Crippen LogP contribution >= 0.6 is 15.9 Å². The summed E-state index contributed by atoms with van der Waals surface area (Å²) in [5.74, 6) is 0. The van der Waals surface area contributed by atoms with Crippen LogP contribution in [-0.2, 0) is 0 Å². The van der Waals surface area contributed by atoms with Gasteiger partial charge in [-0.15, -0.1) is 0 Å². The predicted molar refractivity (Wildman–Crippen MR) is 163 cm³/mol. The van der Waals surface area contributed by atoms with E-state index >= 15 is 0 Å². The van der Waals surface area contributed by atoms with Gasteiger partial charge in [-0.05, 0) is 93.7 Å². The summed E-state index contributed by atoms with van der Waals surface area (Å²) in [6, 6.07) is 29.8. The highest BCUT2D eigenvalue weighted by Gasteiger charge is 2.15. The lowest BCUT2D eigenvalue weighted by Gasteiger charge is -2.16. The molecule has 7 aromatic rings. The minimum atomic E-state index is -0.384. The van der Waals surface area contributed by atoms with Gasteiger partial charge >= 0.3 is 0 Å². The zero-order valence-corrected chi connectivity index (χ0v) is 21.2. The summed E-state index contributed by atoms with van der Waals surface area (Å²) in [7, 11) is 0. The maximum absolute atomic E-state index is 9.43. The fourth-order valence-corrected chi connectivity index (χ4v) is 5.50. The van der Waals surface area contributed by atoms with Crippen molar-refractivity contribution in [2.45, 2.75) is 0 Å².